The Bertz CT molecular complexity index is 646. The number of benzene rings is 2. The van der Waals surface area contributed by atoms with Gasteiger partial charge in [-0.3, -0.25) is 4.90 Å². The number of rotatable bonds is 5. The van der Waals surface area contributed by atoms with Crippen molar-refractivity contribution in [2.24, 2.45) is 0 Å². The maximum absolute atomic E-state index is 12.4. The minimum absolute atomic E-state index is 0.227. The molecule has 23 heavy (non-hydrogen) atoms. The molecule has 0 aliphatic rings. The van der Waals surface area contributed by atoms with Crippen LogP contribution in [0.3, 0.4) is 0 Å². The van der Waals surface area contributed by atoms with Gasteiger partial charge < -0.3 is 14.8 Å². The van der Waals surface area contributed by atoms with Gasteiger partial charge in [0.25, 0.3) is 0 Å². The standard InChI is InChI=1S/C18H22N2O3/c1-13-10-15(22-3)17(16(11-13)23-4)20(18(21)19-2)12-14-8-6-5-7-9-14/h5-11H,12H2,1-4H3,(H,19,21). The largest absolute Gasteiger partial charge is 0.494 e. The zero-order chi connectivity index (χ0) is 16.8. The van der Waals surface area contributed by atoms with E-state index in [0.717, 1.165) is 11.1 Å². The Morgan fingerprint density at radius 2 is 1.65 bits per heavy atom. The number of methoxy groups -OCH3 is 2. The third-order valence-corrected chi connectivity index (χ3v) is 3.54. The molecule has 0 spiro atoms. The molecule has 0 atom stereocenters. The lowest BCUT2D eigenvalue weighted by Crippen LogP contribution is -2.38. The Balaban J connectivity index is 2.53. The van der Waals surface area contributed by atoms with Crippen LogP contribution in [-0.2, 0) is 6.54 Å². The zero-order valence-electron chi connectivity index (χ0n) is 13.9. The van der Waals surface area contributed by atoms with E-state index in [9.17, 15) is 4.79 Å². The van der Waals surface area contributed by atoms with Crippen molar-refractivity contribution < 1.29 is 14.3 Å². The Labute approximate surface area is 136 Å². The third-order valence-electron chi connectivity index (χ3n) is 3.54. The van der Waals surface area contributed by atoms with Crippen LogP contribution in [0, 0.1) is 6.92 Å². The first-order valence-corrected chi connectivity index (χ1v) is 7.36. The second-order valence-corrected chi connectivity index (χ2v) is 5.14. The highest BCUT2D eigenvalue weighted by molar-refractivity contribution is 5.95. The molecule has 0 saturated carbocycles. The zero-order valence-corrected chi connectivity index (χ0v) is 13.9. The summed E-state index contributed by atoms with van der Waals surface area (Å²) in [6.45, 7) is 2.37. The first-order valence-electron chi connectivity index (χ1n) is 7.36. The lowest BCUT2D eigenvalue weighted by atomic mass is 10.1. The normalized spacial score (nSPS) is 10.1. The van der Waals surface area contributed by atoms with Crippen molar-refractivity contribution in [2.75, 3.05) is 26.2 Å². The molecule has 122 valence electrons. The molecule has 1 N–H and O–H groups in total. The van der Waals surface area contributed by atoms with Crippen LogP contribution in [0.25, 0.3) is 0 Å². The fourth-order valence-corrected chi connectivity index (χ4v) is 2.44. The van der Waals surface area contributed by atoms with Crippen LogP contribution in [0.1, 0.15) is 11.1 Å². The summed E-state index contributed by atoms with van der Waals surface area (Å²) in [7, 11) is 4.78. The molecule has 0 bridgehead atoms. The number of anilines is 1. The third kappa shape index (κ3) is 3.74. The molecule has 0 radical (unpaired) electrons. The number of amides is 2. The molecule has 5 nitrogen and oxygen atoms in total. The molecule has 2 aromatic rings. The topological polar surface area (TPSA) is 50.8 Å². The van der Waals surface area contributed by atoms with Crippen molar-refractivity contribution in [1.82, 2.24) is 5.32 Å². The van der Waals surface area contributed by atoms with Gasteiger partial charge in [0.05, 0.1) is 20.8 Å². The lowest BCUT2D eigenvalue weighted by Gasteiger charge is -2.26. The van der Waals surface area contributed by atoms with E-state index in [1.54, 1.807) is 26.2 Å². The summed E-state index contributed by atoms with van der Waals surface area (Å²) in [5.74, 6) is 1.20. The van der Waals surface area contributed by atoms with E-state index < -0.39 is 0 Å². The molecular formula is C18H22N2O3. The summed E-state index contributed by atoms with van der Waals surface area (Å²) >= 11 is 0. The molecule has 5 heteroatoms. The molecule has 0 fully saturated rings. The number of urea groups is 1. The molecule has 0 aliphatic carbocycles. The number of aryl methyl sites for hydroxylation is 1. The highest BCUT2D eigenvalue weighted by Gasteiger charge is 2.23. The molecule has 0 aliphatic heterocycles. The van der Waals surface area contributed by atoms with Gasteiger partial charge in [0.1, 0.15) is 17.2 Å². The predicted octanol–water partition coefficient (Wildman–Crippen LogP) is 3.36. The van der Waals surface area contributed by atoms with E-state index in [-0.39, 0.29) is 6.03 Å². The van der Waals surface area contributed by atoms with Crippen LogP contribution in [0.4, 0.5) is 10.5 Å². The van der Waals surface area contributed by atoms with Crippen molar-refractivity contribution in [3.05, 3.63) is 53.6 Å². The second-order valence-electron chi connectivity index (χ2n) is 5.14. The molecule has 0 heterocycles. The maximum atomic E-state index is 12.4. The minimum atomic E-state index is -0.227. The van der Waals surface area contributed by atoms with Crippen LogP contribution >= 0.6 is 0 Å². The summed E-state index contributed by atoms with van der Waals surface area (Å²) in [4.78, 5) is 14.1. The average Bonchev–Trinajstić information content (AvgIpc) is 2.59. The van der Waals surface area contributed by atoms with Crippen LogP contribution in [-0.4, -0.2) is 27.3 Å². The summed E-state index contributed by atoms with van der Waals surface area (Å²) < 4.78 is 11.0. The minimum Gasteiger partial charge on any atom is -0.494 e. The number of nitrogens with zero attached hydrogens (tertiary/aromatic N) is 1. The number of hydrogen-bond acceptors (Lipinski definition) is 3. The van der Waals surface area contributed by atoms with Gasteiger partial charge in [0.2, 0.25) is 0 Å². The van der Waals surface area contributed by atoms with Gasteiger partial charge in [0.15, 0.2) is 0 Å². The smallest absolute Gasteiger partial charge is 0.322 e. The average molecular weight is 314 g/mol. The number of carbonyl (C=O) groups is 1. The summed E-state index contributed by atoms with van der Waals surface area (Å²) in [5.41, 5.74) is 2.63. The molecular weight excluding hydrogens is 292 g/mol. The Hall–Kier alpha value is -2.69. The van der Waals surface area contributed by atoms with Gasteiger partial charge in [0, 0.05) is 7.05 Å². The lowest BCUT2D eigenvalue weighted by molar-refractivity contribution is 0.247. The molecule has 0 unspecified atom stereocenters. The van der Waals surface area contributed by atoms with Gasteiger partial charge >= 0.3 is 6.03 Å². The van der Waals surface area contributed by atoms with E-state index >= 15 is 0 Å². The van der Waals surface area contributed by atoms with E-state index in [1.807, 2.05) is 49.4 Å². The second kappa shape index (κ2) is 7.54. The van der Waals surface area contributed by atoms with Crippen molar-refractivity contribution in [3.63, 3.8) is 0 Å². The first kappa shape index (κ1) is 16.7. The Kier molecular flexibility index (Phi) is 5.46. The molecule has 0 saturated heterocycles. The van der Waals surface area contributed by atoms with Gasteiger partial charge in [-0.15, -0.1) is 0 Å². The summed E-state index contributed by atoms with van der Waals surface area (Å²) in [5, 5.41) is 2.68. The van der Waals surface area contributed by atoms with Crippen molar-refractivity contribution in [3.8, 4) is 11.5 Å². The fourth-order valence-electron chi connectivity index (χ4n) is 2.44. The van der Waals surface area contributed by atoms with Crippen LogP contribution in [0.15, 0.2) is 42.5 Å². The number of carbonyl (C=O) groups excluding carboxylic acids is 1. The predicted molar refractivity (Wildman–Crippen MR) is 91.4 cm³/mol. The van der Waals surface area contributed by atoms with Gasteiger partial charge in [-0.05, 0) is 30.2 Å². The van der Waals surface area contributed by atoms with Gasteiger partial charge in [-0.1, -0.05) is 30.3 Å². The molecule has 2 amide bonds. The number of hydrogen-bond donors (Lipinski definition) is 1. The van der Waals surface area contributed by atoms with Crippen LogP contribution in [0.2, 0.25) is 0 Å². The monoisotopic (exact) mass is 314 g/mol. The number of nitrogens with one attached hydrogen (secondary N) is 1. The van der Waals surface area contributed by atoms with E-state index in [2.05, 4.69) is 5.32 Å². The van der Waals surface area contributed by atoms with Crippen molar-refractivity contribution in [1.29, 1.82) is 0 Å². The fraction of sp³-hybridized carbons (Fsp3) is 0.278. The van der Waals surface area contributed by atoms with Crippen molar-refractivity contribution >= 4 is 11.7 Å². The van der Waals surface area contributed by atoms with E-state index in [0.29, 0.717) is 23.7 Å². The highest BCUT2D eigenvalue weighted by atomic mass is 16.5. The quantitative estimate of drug-likeness (QED) is 0.920. The van der Waals surface area contributed by atoms with Crippen LogP contribution < -0.4 is 19.7 Å². The number of ether oxygens (including phenoxy) is 2. The summed E-state index contributed by atoms with van der Waals surface area (Å²) in [6.07, 6.45) is 0. The van der Waals surface area contributed by atoms with Gasteiger partial charge in [-0.2, -0.15) is 0 Å². The first-order chi connectivity index (χ1) is 11.1. The molecule has 2 rings (SSSR count). The van der Waals surface area contributed by atoms with E-state index in [4.69, 9.17) is 9.47 Å². The Morgan fingerprint density at radius 1 is 1.09 bits per heavy atom. The SMILES string of the molecule is CNC(=O)N(Cc1ccccc1)c1c(OC)cc(C)cc1OC. The van der Waals surface area contributed by atoms with Crippen molar-refractivity contribution in [2.45, 2.75) is 13.5 Å². The molecule has 0 aromatic heterocycles. The summed E-state index contributed by atoms with van der Waals surface area (Å²) in [6, 6.07) is 13.3. The molecule has 2 aromatic carbocycles. The van der Waals surface area contributed by atoms with Gasteiger partial charge in [-0.25, -0.2) is 4.79 Å². The maximum Gasteiger partial charge on any atom is 0.322 e. The highest BCUT2D eigenvalue weighted by Crippen LogP contribution is 2.39. The van der Waals surface area contributed by atoms with E-state index in [1.165, 1.54) is 0 Å². The van der Waals surface area contributed by atoms with Crippen LogP contribution in [0.5, 0.6) is 11.5 Å². The Morgan fingerprint density at radius 3 is 2.13 bits per heavy atom.